The molecule has 0 aliphatic rings. The van der Waals surface area contributed by atoms with Crippen molar-refractivity contribution in [3.63, 3.8) is 0 Å². The van der Waals surface area contributed by atoms with Crippen LogP contribution in [0.5, 0.6) is 5.75 Å². The van der Waals surface area contributed by atoms with Gasteiger partial charge in [-0.1, -0.05) is 49.0 Å². The quantitative estimate of drug-likeness (QED) is 0.626. The van der Waals surface area contributed by atoms with E-state index in [1.807, 2.05) is 18.2 Å². The van der Waals surface area contributed by atoms with Crippen molar-refractivity contribution in [2.45, 2.75) is 6.54 Å². The molecule has 0 aliphatic heterocycles. The van der Waals surface area contributed by atoms with Crippen molar-refractivity contribution in [3.05, 3.63) is 84.4 Å². The van der Waals surface area contributed by atoms with Gasteiger partial charge in [-0.3, -0.25) is 0 Å². The molecule has 0 saturated heterocycles. The first kappa shape index (κ1) is 14.2. The Kier molecular flexibility index (Phi) is 4.08. The van der Waals surface area contributed by atoms with E-state index in [1.54, 1.807) is 12.1 Å². The van der Waals surface area contributed by atoms with Gasteiger partial charge in [-0.05, 0) is 46.2 Å². The van der Waals surface area contributed by atoms with E-state index < -0.39 is 0 Å². The van der Waals surface area contributed by atoms with Crippen LogP contribution in [0.25, 0.3) is 16.5 Å². The molecule has 0 unspecified atom stereocenters. The van der Waals surface area contributed by atoms with Crippen molar-refractivity contribution < 1.29 is 5.11 Å². The van der Waals surface area contributed by atoms with Gasteiger partial charge in [-0.15, -0.1) is 0 Å². The summed E-state index contributed by atoms with van der Waals surface area (Å²) in [6.45, 7) is 4.69. The van der Waals surface area contributed by atoms with E-state index in [2.05, 4.69) is 53.8 Å². The number of phenolic OH excluding ortho intramolecular Hbond substituents is 1. The maximum Gasteiger partial charge on any atom is 0.115 e. The number of phenols is 1. The van der Waals surface area contributed by atoms with Gasteiger partial charge >= 0.3 is 0 Å². The summed E-state index contributed by atoms with van der Waals surface area (Å²) >= 11 is 0. The SMILES string of the molecule is C=C(NNCc1cccc2ccccc12)c1ccc(O)cc1. The molecule has 110 valence electrons. The summed E-state index contributed by atoms with van der Waals surface area (Å²) in [7, 11) is 0. The minimum atomic E-state index is 0.250. The number of nitrogens with one attached hydrogen (secondary N) is 2. The zero-order valence-corrected chi connectivity index (χ0v) is 12.2. The van der Waals surface area contributed by atoms with Gasteiger partial charge in [0.1, 0.15) is 5.75 Å². The number of hydrogen-bond donors (Lipinski definition) is 3. The molecule has 0 bridgehead atoms. The highest BCUT2D eigenvalue weighted by Crippen LogP contribution is 2.18. The number of benzene rings is 3. The predicted molar refractivity (Wildman–Crippen MR) is 91.1 cm³/mol. The largest absolute Gasteiger partial charge is 0.508 e. The fourth-order valence-corrected chi connectivity index (χ4v) is 2.43. The van der Waals surface area contributed by atoms with Gasteiger partial charge in [0.2, 0.25) is 0 Å². The van der Waals surface area contributed by atoms with Crippen LogP contribution >= 0.6 is 0 Å². The number of rotatable bonds is 5. The van der Waals surface area contributed by atoms with Crippen LogP contribution in [0, 0.1) is 0 Å². The van der Waals surface area contributed by atoms with Crippen LogP contribution in [0.1, 0.15) is 11.1 Å². The molecule has 0 heterocycles. The molecule has 0 atom stereocenters. The first-order valence-electron chi connectivity index (χ1n) is 7.18. The van der Waals surface area contributed by atoms with Crippen molar-refractivity contribution in [3.8, 4) is 5.75 Å². The molecule has 0 aromatic heterocycles. The maximum atomic E-state index is 9.30. The average molecular weight is 290 g/mol. The minimum Gasteiger partial charge on any atom is -0.508 e. The molecule has 0 saturated carbocycles. The average Bonchev–Trinajstić information content (AvgIpc) is 2.55. The van der Waals surface area contributed by atoms with E-state index in [-0.39, 0.29) is 5.75 Å². The highest BCUT2D eigenvalue weighted by Gasteiger charge is 2.01. The summed E-state index contributed by atoms with van der Waals surface area (Å²) in [6, 6.07) is 21.6. The second-order valence-electron chi connectivity index (χ2n) is 5.14. The van der Waals surface area contributed by atoms with Crippen LogP contribution in [0.4, 0.5) is 0 Å². The van der Waals surface area contributed by atoms with Crippen LogP contribution < -0.4 is 10.9 Å². The second kappa shape index (κ2) is 6.33. The first-order valence-corrected chi connectivity index (χ1v) is 7.18. The van der Waals surface area contributed by atoms with Crippen LogP contribution in [0.2, 0.25) is 0 Å². The van der Waals surface area contributed by atoms with Crippen LogP contribution in [0.15, 0.2) is 73.3 Å². The Morgan fingerprint density at radius 2 is 1.64 bits per heavy atom. The summed E-state index contributed by atoms with van der Waals surface area (Å²) in [5.41, 5.74) is 9.22. The normalized spacial score (nSPS) is 10.5. The fourth-order valence-electron chi connectivity index (χ4n) is 2.43. The van der Waals surface area contributed by atoms with E-state index >= 15 is 0 Å². The monoisotopic (exact) mass is 290 g/mol. The minimum absolute atomic E-state index is 0.250. The molecule has 22 heavy (non-hydrogen) atoms. The Balaban J connectivity index is 1.65. The molecule has 0 amide bonds. The molecule has 0 fully saturated rings. The number of aromatic hydroxyl groups is 1. The number of hydrazine groups is 1. The van der Waals surface area contributed by atoms with Gasteiger partial charge in [0.25, 0.3) is 0 Å². The van der Waals surface area contributed by atoms with E-state index in [0.717, 1.165) is 11.3 Å². The van der Waals surface area contributed by atoms with Gasteiger partial charge in [0, 0.05) is 12.2 Å². The van der Waals surface area contributed by atoms with Gasteiger partial charge < -0.3 is 10.5 Å². The third-order valence-corrected chi connectivity index (χ3v) is 3.61. The maximum absolute atomic E-state index is 9.30. The molecule has 3 nitrogen and oxygen atoms in total. The summed E-state index contributed by atoms with van der Waals surface area (Å²) in [6.07, 6.45) is 0. The molecule has 3 aromatic rings. The van der Waals surface area contributed by atoms with E-state index in [1.165, 1.54) is 16.3 Å². The van der Waals surface area contributed by atoms with Gasteiger partial charge in [-0.25, -0.2) is 5.43 Å². The molecular weight excluding hydrogens is 272 g/mol. The molecule has 3 N–H and O–H groups in total. The molecule has 0 spiro atoms. The van der Waals surface area contributed by atoms with Gasteiger partial charge in [0.05, 0.1) is 0 Å². The highest BCUT2D eigenvalue weighted by atomic mass is 16.3. The fraction of sp³-hybridized carbons (Fsp3) is 0.0526. The van der Waals surface area contributed by atoms with Crippen LogP contribution in [-0.4, -0.2) is 5.11 Å². The molecular formula is C19H18N2O. The van der Waals surface area contributed by atoms with E-state index in [4.69, 9.17) is 0 Å². The number of hydrogen-bond acceptors (Lipinski definition) is 3. The van der Waals surface area contributed by atoms with Gasteiger partial charge in [0.15, 0.2) is 0 Å². The van der Waals surface area contributed by atoms with Crippen molar-refractivity contribution in [1.82, 2.24) is 10.9 Å². The molecule has 3 rings (SSSR count). The summed E-state index contributed by atoms with van der Waals surface area (Å²) in [4.78, 5) is 0. The van der Waals surface area contributed by atoms with Crippen molar-refractivity contribution >= 4 is 16.5 Å². The van der Waals surface area contributed by atoms with Crippen molar-refractivity contribution in [2.75, 3.05) is 0 Å². The summed E-state index contributed by atoms with van der Waals surface area (Å²) in [5.74, 6) is 0.250. The topological polar surface area (TPSA) is 44.3 Å². The van der Waals surface area contributed by atoms with Crippen LogP contribution in [0.3, 0.4) is 0 Å². The number of fused-ring (bicyclic) bond motifs is 1. The Morgan fingerprint density at radius 3 is 2.45 bits per heavy atom. The molecule has 3 heteroatoms. The lowest BCUT2D eigenvalue weighted by Gasteiger charge is -2.12. The second-order valence-corrected chi connectivity index (χ2v) is 5.14. The summed E-state index contributed by atoms with van der Waals surface area (Å²) < 4.78 is 0. The molecule has 3 aromatic carbocycles. The zero-order chi connectivity index (χ0) is 15.4. The Bertz CT molecular complexity index is 789. The summed E-state index contributed by atoms with van der Waals surface area (Å²) in [5, 5.41) is 11.8. The lowest BCUT2D eigenvalue weighted by Crippen LogP contribution is -2.29. The zero-order valence-electron chi connectivity index (χ0n) is 12.2. The van der Waals surface area contributed by atoms with E-state index in [9.17, 15) is 5.11 Å². The van der Waals surface area contributed by atoms with Crippen molar-refractivity contribution in [2.24, 2.45) is 0 Å². The highest BCUT2D eigenvalue weighted by molar-refractivity contribution is 5.85. The molecule has 0 radical (unpaired) electrons. The predicted octanol–water partition coefficient (Wildman–Crippen LogP) is 3.81. The lowest BCUT2D eigenvalue weighted by atomic mass is 10.1. The van der Waals surface area contributed by atoms with E-state index in [0.29, 0.717) is 6.54 Å². The first-order chi connectivity index (χ1) is 10.7. The third kappa shape index (κ3) is 3.10. The Morgan fingerprint density at radius 1 is 0.909 bits per heavy atom. The lowest BCUT2D eigenvalue weighted by molar-refractivity contribution is 0.475. The van der Waals surface area contributed by atoms with Gasteiger partial charge in [-0.2, -0.15) is 0 Å². The third-order valence-electron chi connectivity index (χ3n) is 3.61. The Hall–Kier alpha value is -2.78. The Labute approximate surface area is 129 Å². The standard InChI is InChI=1S/C19H18N2O/c1-14(15-9-11-18(22)12-10-15)21-20-13-17-7-4-6-16-5-2-3-8-19(16)17/h2-12,20-22H,1,13H2. The van der Waals surface area contributed by atoms with Crippen LogP contribution in [-0.2, 0) is 6.54 Å². The molecule has 0 aliphatic carbocycles. The van der Waals surface area contributed by atoms with Crippen molar-refractivity contribution in [1.29, 1.82) is 0 Å². The smallest absolute Gasteiger partial charge is 0.115 e.